The summed E-state index contributed by atoms with van der Waals surface area (Å²) in [5.41, 5.74) is 4.41. The van der Waals surface area contributed by atoms with E-state index in [0.717, 1.165) is 0 Å². The van der Waals surface area contributed by atoms with Gasteiger partial charge >= 0.3 is 11.1 Å². The van der Waals surface area contributed by atoms with Gasteiger partial charge in [-0.05, 0) is 0 Å². The van der Waals surface area contributed by atoms with E-state index < -0.39 is 11.1 Å². The van der Waals surface area contributed by atoms with Crippen LogP contribution in [0.2, 0.25) is 0 Å². The highest BCUT2D eigenvalue weighted by Gasteiger charge is 2.09. The number of rotatable bonds is 2. The Hall–Kier alpha value is -1.24. The Balaban J connectivity index is 3.63. The van der Waals surface area contributed by atoms with Gasteiger partial charge in [0.15, 0.2) is 0 Å². The van der Waals surface area contributed by atoms with Gasteiger partial charge in [0.05, 0.1) is 0 Å². The van der Waals surface area contributed by atoms with E-state index in [1.165, 1.54) is 0 Å². The van der Waals surface area contributed by atoms with Crippen molar-refractivity contribution in [2.75, 3.05) is 0 Å². The average molecular weight is 155 g/mol. The van der Waals surface area contributed by atoms with E-state index in [1.807, 2.05) is 0 Å². The Kier molecular flexibility index (Phi) is 2.52. The van der Waals surface area contributed by atoms with Crippen LogP contribution in [0.25, 0.3) is 0 Å². The molecule has 9 heavy (non-hydrogen) atoms. The molecule has 0 aliphatic heterocycles. The average Bonchev–Trinajstić information content (AvgIpc) is 1.63. The molecule has 52 valence electrons. The molecule has 2 N–H and O–H groups in total. The Bertz CT molecular complexity index is 136. The Morgan fingerprint density at radius 3 is 2.44 bits per heavy atom. The molecule has 2 amide bonds. The number of amides is 2. The van der Waals surface area contributed by atoms with Gasteiger partial charge in [-0.2, -0.15) is 4.94 Å². The van der Waals surface area contributed by atoms with Gasteiger partial charge in [-0.15, -0.1) is 10.1 Å². The van der Waals surface area contributed by atoms with E-state index in [4.69, 9.17) is 11.8 Å². The second-order valence-electron chi connectivity index (χ2n) is 0.888. The molecule has 0 atom stereocenters. The number of halogens is 1. The fourth-order valence-electron chi connectivity index (χ4n) is 0.0988. The van der Waals surface area contributed by atoms with Gasteiger partial charge in [-0.3, -0.25) is 0 Å². The van der Waals surface area contributed by atoms with Crippen molar-refractivity contribution < 1.29 is 14.8 Å². The SMILES string of the molecule is NC(=O)N(Cl)O[N+](=O)[O-]. The summed E-state index contributed by atoms with van der Waals surface area (Å²) in [4.78, 5) is 22.5. The molecule has 0 aromatic heterocycles. The zero-order valence-electron chi connectivity index (χ0n) is 3.98. The normalized spacial score (nSPS) is 8.11. The standard InChI is InChI=1S/CH2ClN3O4/c2-4(1(3)6)9-5(7)8/h(H2,3,6). The van der Waals surface area contributed by atoms with Crippen LogP contribution >= 0.6 is 11.8 Å². The third-order valence-electron chi connectivity index (χ3n) is 0.312. The van der Waals surface area contributed by atoms with Crippen LogP contribution in [0.1, 0.15) is 0 Å². The first-order chi connectivity index (χ1) is 4.04. The van der Waals surface area contributed by atoms with Crippen molar-refractivity contribution in [3.05, 3.63) is 10.1 Å². The van der Waals surface area contributed by atoms with Crippen molar-refractivity contribution in [1.29, 1.82) is 0 Å². The number of nitrogens with zero attached hydrogens (tertiary/aromatic N) is 2. The summed E-state index contributed by atoms with van der Waals surface area (Å²) in [6, 6.07) is -1.26. The molecule has 0 aliphatic carbocycles. The lowest BCUT2D eigenvalue weighted by Crippen LogP contribution is -2.29. The van der Waals surface area contributed by atoms with Crippen LogP contribution in [0, 0.1) is 10.1 Å². The van der Waals surface area contributed by atoms with Crippen molar-refractivity contribution in [3.63, 3.8) is 0 Å². The number of primary amides is 1. The third-order valence-corrected chi connectivity index (χ3v) is 0.540. The first-order valence-electron chi connectivity index (χ1n) is 1.62. The predicted octanol–water partition coefficient (Wildman–Crippen LogP) is -0.356. The van der Waals surface area contributed by atoms with Crippen LogP contribution in [0.15, 0.2) is 0 Å². The monoisotopic (exact) mass is 155 g/mol. The third kappa shape index (κ3) is 3.35. The van der Waals surface area contributed by atoms with E-state index >= 15 is 0 Å². The highest BCUT2D eigenvalue weighted by molar-refractivity contribution is 6.19. The van der Waals surface area contributed by atoms with Gasteiger partial charge in [0, 0.05) is 11.8 Å². The van der Waals surface area contributed by atoms with Crippen LogP contribution in [-0.2, 0) is 4.94 Å². The minimum absolute atomic E-state index is 0.222. The van der Waals surface area contributed by atoms with Crippen molar-refractivity contribution in [1.82, 2.24) is 4.58 Å². The molecule has 0 heterocycles. The highest BCUT2D eigenvalue weighted by Crippen LogP contribution is 1.92. The molecule has 8 heteroatoms. The lowest BCUT2D eigenvalue weighted by molar-refractivity contribution is -0.793. The summed E-state index contributed by atoms with van der Waals surface area (Å²) < 4.78 is -0.222. The Morgan fingerprint density at radius 2 is 2.33 bits per heavy atom. The number of carbonyl (C=O) groups is 1. The number of hydrogen-bond acceptors (Lipinski definition) is 4. The highest BCUT2D eigenvalue weighted by atomic mass is 35.5. The van der Waals surface area contributed by atoms with Crippen molar-refractivity contribution in [3.8, 4) is 0 Å². The topological polar surface area (TPSA) is 98.7 Å². The van der Waals surface area contributed by atoms with Gasteiger partial charge in [0.2, 0.25) is 0 Å². The summed E-state index contributed by atoms with van der Waals surface area (Å²) in [7, 11) is 0. The van der Waals surface area contributed by atoms with E-state index in [1.54, 1.807) is 0 Å². The maximum absolute atomic E-state index is 9.82. The summed E-state index contributed by atoms with van der Waals surface area (Å²) in [6.07, 6.45) is 0. The molecule has 0 fully saturated rings. The van der Waals surface area contributed by atoms with Crippen molar-refractivity contribution >= 4 is 17.8 Å². The minimum atomic E-state index is -1.27. The first-order valence-corrected chi connectivity index (χ1v) is 1.95. The molecule has 0 bridgehead atoms. The number of carbonyl (C=O) groups excluding carboxylic acids is 1. The molecular weight excluding hydrogens is 153 g/mol. The molecule has 0 aromatic carbocycles. The quantitative estimate of drug-likeness (QED) is 0.335. The fourth-order valence-corrected chi connectivity index (χ4v) is 0.149. The maximum atomic E-state index is 9.82. The van der Waals surface area contributed by atoms with Gasteiger partial charge in [-0.25, -0.2) is 4.79 Å². The largest absolute Gasteiger partial charge is 0.354 e. The second-order valence-corrected chi connectivity index (χ2v) is 1.20. The van der Waals surface area contributed by atoms with E-state index in [2.05, 4.69) is 10.7 Å². The fraction of sp³-hybridized carbons (Fsp3) is 0. The summed E-state index contributed by atoms with van der Waals surface area (Å²) in [5, 5.41) is 8.10. The Labute approximate surface area is 54.1 Å². The molecule has 0 radical (unpaired) electrons. The molecule has 0 spiro atoms. The van der Waals surface area contributed by atoms with Gasteiger partial charge < -0.3 is 5.73 Å². The van der Waals surface area contributed by atoms with Crippen molar-refractivity contribution in [2.45, 2.75) is 0 Å². The smallest absolute Gasteiger partial charge is 0.349 e. The minimum Gasteiger partial charge on any atom is -0.349 e. The molecule has 0 aliphatic rings. The zero-order chi connectivity index (χ0) is 7.44. The maximum Gasteiger partial charge on any atom is 0.354 e. The number of urea groups is 1. The van der Waals surface area contributed by atoms with Crippen LogP contribution < -0.4 is 5.73 Å². The van der Waals surface area contributed by atoms with E-state index in [0.29, 0.717) is 0 Å². The van der Waals surface area contributed by atoms with Crippen LogP contribution in [0.5, 0.6) is 0 Å². The molecular formula is CH2ClN3O4. The second kappa shape index (κ2) is 2.92. The van der Waals surface area contributed by atoms with Crippen LogP contribution in [-0.4, -0.2) is 15.7 Å². The lowest BCUT2D eigenvalue weighted by Gasteiger charge is -2.03. The molecule has 0 unspecified atom stereocenters. The lowest BCUT2D eigenvalue weighted by atomic mass is 11.2. The molecule has 0 saturated carbocycles. The first kappa shape index (κ1) is 7.76. The Morgan fingerprint density at radius 1 is 1.89 bits per heavy atom. The summed E-state index contributed by atoms with van der Waals surface area (Å²) in [6.45, 7) is 0. The molecule has 7 nitrogen and oxygen atoms in total. The molecule has 0 saturated heterocycles. The number of hydroxylamine groups is 1. The molecule has 0 rings (SSSR count). The van der Waals surface area contributed by atoms with Gasteiger partial charge in [-0.1, -0.05) is 4.58 Å². The number of hydrogen-bond donors (Lipinski definition) is 1. The van der Waals surface area contributed by atoms with Gasteiger partial charge in [0.1, 0.15) is 0 Å². The van der Waals surface area contributed by atoms with E-state index in [-0.39, 0.29) is 4.58 Å². The number of nitrogens with two attached hydrogens (primary N) is 1. The predicted molar refractivity (Wildman–Crippen MR) is 25.4 cm³/mol. The van der Waals surface area contributed by atoms with Crippen LogP contribution in [0.4, 0.5) is 4.79 Å². The molecule has 0 aromatic rings. The van der Waals surface area contributed by atoms with Crippen LogP contribution in [0.3, 0.4) is 0 Å². The summed E-state index contributed by atoms with van der Waals surface area (Å²) >= 11 is 4.71. The van der Waals surface area contributed by atoms with E-state index in [9.17, 15) is 14.9 Å². The zero-order valence-corrected chi connectivity index (χ0v) is 4.74. The van der Waals surface area contributed by atoms with Crippen molar-refractivity contribution in [2.24, 2.45) is 5.73 Å². The summed E-state index contributed by atoms with van der Waals surface area (Å²) in [5.74, 6) is 0. The van der Waals surface area contributed by atoms with Gasteiger partial charge in [0.25, 0.3) is 0 Å².